The first kappa shape index (κ1) is 32.2. The summed E-state index contributed by atoms with van der Waals surface area (Å²) in [6, 6.07) is 34.7. The number of ether oxygens (including phenoxy) is 1. The molecule has 0 radical (unpaired) electrons. The van der Waals surface area contributed by atoms with Crippen molar-refractivity contribution in [2.75, 3.05) is 11.5 Å². The molecule has 4 aromatic rings. The van der Waals surface area contributed by atoms with Crippen LogP contribution in [0, 0.1) is 11.3 Å². The van der Waals surface area contributed by atoms with Gasteiger partial charge in [-0.25, -0.2) is 0 Å². The molecule has 7 nitrogen and oxygen atoms in total. The lowest BCUT2D eigenvalue weighted by Gasteiger charge is -2.37. The zero-order chi connectivity index (χ0) is 32.3. The maximum absolute atomic E-state index is 15.0. The van der Waals surface area contributed by atoms with Crippen LogP contribution in [0.15, 0.2) is 109 Å². The number of nitrogens with zero attached hydrogens (tertiary/aromatic N) is 3. The molecule has 2 atom stereocenters. The van der Waals surface area contributed by atoms with Gasteiger partial charge in [-0.2, -0.15) is 5.26 Å². The van der Waals surface area contributed by atoms with E-state index in [-0.39, 0.29) is 31.4 Å². The Morgan fingerprint density at radius 1 is 0.848 bits per heavy atom. The maximum atomic E-state index is 15.0. The number of aryl methyl sites for hydroxylation is 1. The topological polar surface area (TPSA) is 90.7 Å². The second-order valence-corrected chi connectivity index (χ2v) is 11.4. The van der Waals surface area contributed by atoms with Crippen molar-refractivity contribution in [1.29, 1.82) is 5.26 Å². The van der Waals surface area contributed by atoms with E-state index in [4.69, 9.17) is 10.00 Å². The zero-order valence-electron chi connectivity index (χ0n) is 26.2. The Labute approximate surface area is 271 Å². The number of unbranched alkanes of at least 4 members (excludes halogenated alkanes) is 3. The summed E-state index contributed by atoms with van der Waals surface area (Å²) in [5, 5.41) is 8.91. The Kier molecular flexibility index (Phi) is 11.0. The van der Waals surface area contributed by atoms with Gasteiger partial charge >= 0.3 is 5.97 Å². The average molecular weight is 614 g/mol. The van der Waals surface area contributed by atoms with E-state index in [9.17, 15) is 9.59 Å². The number of amides is 2. The van der Waals surface area contributed by atoms with Crippen molar-refractivity contribution in [3.8, 4) is 6.07 Å². The summed E-state index contributed by atoms with van der Waals surface area (Å²) < 4.78 is 5.39. The zero-order valence-corrected chi connectivity index (χ0v) is 26.2. The Bertz CT molecular complexity index is 1670. The highest BCUT2D eigenvalue weighted by Gasteiger charge is 2.44. The molecule has 0 aromatic heterocycles. The van der Waals surface area contributed by atoms with Gasteiger partial charge in [0, 0.05) is 6.42 Å². The van der Waals surface area contributed by atoms with Gasteiger partial charge in [0.1, 0.15) is 6.04 Å². The molecule has 4 aromatic carbocycles. The van der Waals surface area contributed by atoms with Crippen LogP contribution in [-0.2, 0) is 27.3 Å². The van der Waals surface area contributed by atoms with Gasteiger partial charge in [-0.1, -0.05) is 103 Å². The van der Waals surface area contributed by atoms with Crippen LogP contribution in [0.4, 0.5) is 5.69 Å². The first-order chi connectivity index (χ1) is 22.5. The van der Waals surface area contributed by atoms with Gasteiger partial charge in [0.15, 0.2) is 0 Å². The van der Waals surface area contributed by atoms with Crippen LogP contribution < -0.4 is 4.90 Å². The Hall–Kier alpha value is -5.22. The molecule has 46 heavy (non-hydrogen) atoms. The molecule has 5 rings (SSSR count). The molecule has 1 aliphatic rings. The minimum Gasteiger partial charge on any atom is -0.466 e. The molecule has 0 saturated heterocycles. The van der Waals surface area contributed by atoms with Crippen LogP contribution in [0.2, 0.25) is 0 Å². The molecule has 0 fully saturated rings. The molecule has 0 saturated carbocycles. The largest absolute Gasteiger partial charge is 0.466 e. The fourth-order valence-electron chi connectivity index (χ4n) is 6.12. The molecule has 0 aliphatic carbocycles. The van der Waals surface area contributed by atoms with Crippen LogP contribution in [0.5, 0.6) is 0 Å². The number of fused-ring (bicyclic) bond motifs is 1. The minimum atomic E-state index is -1.00. The highest BCUT2D eigenvalue weighted by molar-refractivity contribution is 6.11. The third-order valence-corrected chi connectivity index (χ3v) is 8.33. The molecular weight excluding hydrogens is 574 g/mol. The van der Waals surface area contributed by atoms with E-state index in [1.807, 2.05) is 109 Å². The van der Waals surface area contributed by atoms with Gasteiger partial charge in [0.2, 0.25) is 0 Å². The molecule has 7 heteroatoms. The summed E-state index contributed by atoms with van der Waals surface area (Å²) in [6.45, 7) is 2.24. The van der Waals surface area contributed by atoms with Gasteiger partial charge < -0.3 is 14.5 Å². The Morgan fingerprint density at radius 3 is 2.20 bits per heavy atom. The lowest BCUT2D eigenvalue weighted by Crippen LogP contribution is -2.44. The average Bonchev–Trinajstić information content (AvgIpc) is 3.17. The van der Waals surface area contributed by atoms with Gasteiger partial charge in [0.25, 0.3) is 11.8 Å². The fraction of sp³-hybridized carbons (Fsp3) is 0.282. The van der Waals surface area contributed by atoms with Crippen LogP contribution in [-0.4, -0.2) is 29.3 Å². The third-order valence-electron chi connectivity index (χ3n) is 8.33. The molecule has 2 unspecified atom stereocenters. The first-order valence-corrected chi connectivity index (χ1v) is 15.9. The molecule has 0 bridgehead atoms. The van der Waals surface area contributed by atoms with E-state index in [2.05, 4.69) is 6.07 Å². The molecule has 0 spiro atoms. The summed E-state index contributed by atoms with van der Waals surface area (Å²) in [6.07, 6.45) is 3.79. The van der Waals surface area contributed by atoms with Crippen LogP contribution in [0.25, 0.3) is 0 Å². The number of hydrogen-bond donors (Lipinski definition) is 0. The number of esters is 1. The van der Waals surface area contributed by atoms with E-state index >= 15 is 4.79 Å². The lowest BCUT2D eigenvalue weighted by molar-refractivity contribution is -0.145. The van der Waals surface area contributed by atoms with Crippen molar-refractivity contribution in [2.45, 2.75) is 64.1 Å². The molecule has 2 amide bonds. The van der Waals surface area contributed by atoms with Gasteiger partial charge in [-0.05, 0) is 60.6 Å². The monoisotopic (exact) mass is 613 g/mol. The third kappa shape index (κ3) is 7.52. The molecule has 1 heterocycles. The van der Waals surface area contributed by atoms with Gasteiger partial charge in [-0.15, -0.1) is 0 Å². The number of nitriles is 1. The lowest BCUT2D eigenvalue weighted by atomic mass is 9.95. The number of benzene rings is 4. The van der Waals surface area contributed by atoms with Crippen molar-refractivity contribution >= 4 is 23.5 Å². The summed E-state index contributed by atoms with van der Waals surface area (Å²) in [5.74, 6) is -1.02. The van der Waals surface area contributed by atoms with E-state index in [0.29, 0.717) is 23.2 Å². The molecular formula is C39H39N3O4. The maximum Gasteiger partial charge on any atom is 0.308 e. The Balaban J connectivity index is 1.68. The normalized spacial score (nSPS) is 15.1. The SMILES string of the molecule is CCOC(=O)CC(c1ccccc1)N1C(=O)c2cc(CCCCCC#N)ccc2N(Cc2ccccc2)C(=O)C1c1ccccc1. The first-order valence-electron chi connectivity index (χ1n) is 15.9. The number of carbonyl (C=O) groups is 3. The second kappa shape index (κ2) is 15.7. The summed E-state index contributed by atoms with van der Waals surface area (Å²) in [4.78, 5) is 46.4. The standard InChI is InChI=1S/C39H39N3O4/c1-2-46-36(43)27-35(31-19-11-6-12-20-31)42-37(32-21-13-7-14-22-32)39(45)41(28-30-17-9-5-10-18-30)34-24-23-29(26-33(34)38(42)44)16-8-3-4-15-25-40/h5-7,9-14,17-24,26,35,37H,2-4,8,15-16,27-28H2,1H3. The van der Waals surface area contributed by atoms with E-state index in [1.165, 1.54) is 0 Å². The van der Waals surface area contributed by atoms with E-state index in [1.54, 1.807) is 16.7 Å². The van der Waals surface area contributed by atoms with Crippen molar-refractivity contribution in [3.63, 3.8) is 0 Å². The molecule has 0 N–H and O–H groups in total. The summed E-state index contributed by atoms with van der Waals surface area (Å²) >= 11 is 0. The Morgan fingerprint density at radius 2 is 1.52 bits per heavy atom. The highest BCUT2D eigenvalue weighted by Crippen LogP contribution is 2.42. The van der Waals surface area contributed by atoms with E-state index in [0.717, 1.165) is 42.4 Å². The van der Waals surface area contributed by atoms with Crippen LogP contribution in [0.3, 0.4) is 0 Å². The molecule has 1 aliphatic heterocycles. The van der Waals surface area contributed by atoms with Crippen molar-refractivity contribution < 1.29 is 19.1 Å². The van der Waals surface area contributed by atoms with Gasteiger partial charge in [-0.3, -0.25) is 14.4 Å². The number of rotatable bonds is 13. The second-order valence-electron chi connectivity index (χ2n) is 11.4. The smallest absolute Gasteiger partial charge is 0.308 e. The van der Waals surface area contributed by atoms with E-state index < -0.39 is 18.1 Å². The number of carbonyl (C=O) groups excluding carboxylic acids is 3. The van der Waals surface area contributed by atoms with Gasteiger partial charge in [0.05, 0.1) is 42.9 Å². The van der Waals surface area contributed by atoms with Crippen molar-refractivity contribution in [3.05, 3.63) is 137 Å². The quantitative estimate of drug-likeness (QED) is 0.114. The van der Waals surface area contributed by atoms with Crippen LogP contribution >= 0.6 is 0 Å². The number of hydrogen-bond acceptors (Lipinski definition) is 5. The predicted molar refractivity (Wildman–Crippen MR) is 178 cm³/mol. The van der Waals surface area contributed by atoms with Crippen LogP contribution in [0.1, 0.15) is 83.7 Å². The minimum absolute atomic E-state index is 0.104. The fourth-order valence-corrected chi connectivity index (χ4v) is 6.12. The summed E-state index contributed by atoms with van der Waals surface area (Å²) in [5.41, 5.74) is 4.28. The molecule has 234 valence electrons. The van der Waals surface area contributed by atoms with Crippen molar-refractivity contribution in [1.82, 2.24) is 4.90 Å². The van der Waals surface area contributed by atoms with Crippen molar-refractivity contribution in [2.24, 2.45) is 0 Å². The summed E-state index contributed by atoms with van der Waals surface area (Å²) in [7, 11) is 0. The predicted octanol–water partition coefficient (Wildman–Crippen LogP) is 7.74. The number of anilines is 1. The highest BCUT2D eigenvalue weighted by atomic mass is 16.5.